The molecule has 1 aromatic heterocycles. The average Bonchev–Trinajstić information content (AvgIpc) is 3.71. The minimum absolute atomic E-state index is 0.0246. The Morgan fingerprint density at radius 3 is 2.75 bits per heavy atom. The molecule has 2 spiro atoms. The van der Waals surface area contributed by atoms with Crippen LogP contribution >= 0.6 is 0 Å². The quantitative estimate of drug-likeness (QED) is 0.480. The number of fused-ring (bicyclic) bond motifs is 2. The van der Waals surface area contributed by atoms with Gasteiger partial charge >= 0.3 is 0 Å². The number of aromatic nitrogens is 2. The highest BCUT2D eigenvalue weighted by Crippen LogP contribution is 2.76. The molecule has 10 nitrogen and oxygen atoms in total. The summed E-state index contributed by atoms with van der Waals surface area (Å²) in [5, 5.41) is 14.0. The van der Waals surface area contributed by atoms with Crippen molar-refractivity contribution in [2.75, 3.05) is 26.7 Å². The first kappa shape index (κ1) is 24.5. The number of amides is 2. The number of primary amides is 1. The van der Waals surface area contributed by atoms with E-state index in [1.165, 1.54) is 36.4 Å². The van der Waals surface area contributed by atoms with Crippen LogP contribution in [0.4, 0.5) is 0 Å². The summed E-state index contributed by atoms with van der Waals surface area (Å²) in [5.74, 6) is 0.348. The SMILES string of the molecule is COC12CC[C@@]3(C[C@@H]1CNC(=O)c1nccnc1C(N)=O)[C@H]1Cc4ccc(O)c5c4[C@@]3(CCN1CC1CC1)C2O5. The number of piperidine rings is 1. The third-order valence-corrected chi connectivity index (χ3v) is 11.5. The Hall–Kier alpha value is -3.24. The smallest absolute Gasteiger partial charge is 0.272 e. The van der Waals surface area contributed by atoms with Gasteiger partial charge in [0.05, 0.1) is 0 Å². The molecular weight excluding hydrogens is 510 g/mol. The predicted molar refractivity (Wildman–Crippen MR) is 143 cm³/mol. The molecule has 2 amide bonds. The van der Waals surface area contributed by atoms with Crippen molar-refractivity contribution in [1.29, 1.82) is 0 Å². The van der Waals surface area contributed by atoms with Crippen LogP contribution < -0.4 is 15.8 Å². The van der Waals surface area contributed by atoms with E-state index in [1.807, 2.05) is 0 Å². The number of likely N-dealkylation sites (tertiary alicyclic amines) is 1. The van der Waals surface area contributed by atoms with Gasteiger partial charge in [-0.25, -0.2) is 9.97 Å². The first-order valence-electron chi connectivity index (χ1n) is 14.5. The topological polar surface area (TPSA) is 140 Å². The van der Waals surface area contributed by atoms with Crippen LogP contribution in [0.15, 0.2) is 24.5 Å². The second-order valence-corrected chi connectivity index (χ2v) is 12.9. The highest BCUT2D eigenvalue weighted by atomic mass is 16.6. The fraction of sp³-hybridized carbons (Fsp3) is 0.600. The molecular formula is C30H35N5O5. The van der Waals surface area contributed by atoms with Crippen LogP contribution in [0.5, 0.6) is 11.5 Å². The molecule has 5 aliphatic carbocycles. The number of nitrogens with two attached hydrogens (primary N) is 1. The third-order valence-electron chi connectivity index (χ3n) is 11.5. The van der Waals surface area contributed by atoms with Crippen LogP contribution in [0, 0.1) is 17.3 Å². The lowest BCUT2D eigenvalue weighted by Crippen LogP contribution is -2.81. The number of hydrogen-bond donors (Lipinski definition) is 3. The second kappa shape index (κ2) is 8.16. The number of carbonyl (C=O) groups excluding carboxylic acids is 2. The van der Waals surface area contributed by atoms with Gasteiger partial charge in [0.2, 0.25) is 0 Å². The Bertz CT molecular complexity index is 1450. The maximum absolute atomic E-state index is 13.3. The van der Waals surface area contributed by atoms with Crippen LogP contribution in [-0.4, -0.2) is 76.3 Å². The lowest BCUT2D eigenvalue weighted by molar-refractivity contribution is -0.275. The van der Waals surface area contributed by atoms with Crippen molar-refractivity contribution in [3.05, 3.63) is 47.0 Å². The van der Waals surface area contributed by atoms with E-state index in [9.17, 15) is 14.7 Å². The van der Waals surface area contributed by atoms with E-state index in [-0.39, 0.29) is 40.0 Å². The van der Waals surface area contributed by atoms with Crippen molar-refractivity contribution in [3.63, 3.8) is 0 Å². The number of benzene rings is 1. The number of phenolic OH excluding ortho intramolecular Hbond substituents is 1. The molecule has 40 heavy (non-hydrogen) atoms. The standard InChI is InChI=1S/C30H35N5O5/c1-39-30-7-6-28(13-18(30)14-34-26(38)23-22(25(31)37)32-9-10-33-23)20-12-17-4-5-19(36)24-21(17)29(28,27(30)40-24)8-11-35(20)15-16-2-3-16/h4-5,9-10,16,18,20,27,36H,2-3,6-8,11-15H2,1H3,(H2,31,37)(H,34,38)/t18-,20-,27?,28-,29+,30?/m1/s1. The maximum Gasteiger partial charge on any atom is 0.272 e. The predicted octanol–water partition coefficient (Wildman–Crippen LogP) is 1.94. The number of phenols is 1. The van der Waals surface area contributed by atoms with E-state index in [0.717, 1.165) is 51.1 Å². The van der Waals surface area contributed by atoms with E-state index in [0.29, 0.717) is 18.3 Å². The summed E-state index contributed by atoms with van der Waals surface area (Å²) in [6.45, 7) is 2.53. The Morgan fingerprint density at radius 1 is 1.20 bits per heavy atom. The van der Waals surface area contributed by atoms with Gasteiger partial charge in [-0.05, 0) is 69.0 Å². The molecule has 0 radical (unpaired) electrons. The highest BCUT2D eigenvalue weighted by Gasteiger charge is 2.80. The molecule has 6 atom stereocenters. The lowest BCUT2D eigenvalue weighted by atomic mass is 9.35. The van der Waals surface area contributed by atoms with E-state index in [4.69, 9.17) is 15.2 Å². The molecule has 1 saturated heterocycles. The molecule has 9 rings (SSSR count). The van der Waals surface area contributed by atoms with Gasteiger partial charge < -0.3 is 25.6 Å². The Labute approximate surface area is 232 Å². The van der Waals surface area contributed by atoms with Crippen LogP contribution in [0.3, 0.4) is 0 Å². The molecule has 3 heterocycles. The summed E-state index contributed by atoms with van der Waals surface area (Å²) in [5.41, 5.74) is 6.87. The zero-order valence-corrected chi connectivity index (χ0v) is 22.7. The van der Waals surface area contributed by atoms with Crippen LogP contribution in [-0.2, 0) is 16.6 Å². The number of carbonyl (C=O) groups is 2. The second-order valence-electron chi connectivity index (χ2n) is 12.9. The molecule has 2 unspecified atom stereocenters. The van der Waals surface area contributed by atoms with Gasteiger partial charge in [0, 0.05) is 60.9 Å². The molecule has 5 fully saturated rings. The number of ether oxygens (including phenoxy) is 2. The van der Waals surface area contributed by atoms with E-state index in [2.05, 4.69) is 26.3 Å². The van der Waals surface area contributed by atoms with Gasteiger partial charge in [0.25, 0.3) is 11.8 Å². The van der Waals surface area contributed by atoms with Crippen molar-refractivity contribution < 1.29 is 24.2 Å². The maximum atomic E-state index is 13.3. The van der Waals surface area contributed by atoms with Crippen LogP contribution in [0.1, 0.15) is 70.6 Å². The van der Waals surface area contributed by atoms with Gasteiger partial charge in [-0.15, -0.1) is 0 Å². The summed E-state index contributed by atoms with van der Waals surface area (Å²) < 4.78 is 13.3. The van der Waals surface area contributed by atoms with E-state index in [1.54, 1.807) is 13.2 Å². The van der Waals surface area contributed by atoms with Gasteiger partial charge in [0.1, 0.15) is 11.7 Å². The molecule has 7 aliphatic rings. The number of nitrogens with zero attached hydrogens (tertiary/aromatic N) is 3. The summed E-state index contributed by atoms with van der Waals surface area (Å²) in [6.07, 6.45) is 9.80. The fourth-order valence-electron chi connectivity index (χ4n) is 9.77. The minimum Gasteiger partial charge on any atom is -0.504 e. The monoisotopic (exact) mass is 545 g/mol. The van der Waals surface area contributed by atoms with Crippen molar-refractivity contribution >= 4 is 11.8 Å². The van der Waals surface area contributed by atoms with E-state index < -0.39 is 17.4 Å². The van der Waals surface area contributed by atoms with Gasteiger partial charge in [-0.1, -0.05) is 6.07 Å². The highest BCUT2D eigenvalue weighted by molar-refractivity contribution is 6.03. The number of nitrogens with one attached hydrogen (secondary N) is 1. The summed E-state index contributed by atoms with van der Waals surface area (Å²) in [7, 11) is 1.76. The van der Waals surface area contributed by atoms with Gasteiger partial charge in [-0.3, -0.25) is 14.5 Å². The van der Waals surface area contributed by atoms with Crippen LogP contribution in [0.25, 0.3) is 0 Å². The lowest BCUT2D eigenvalue weighted by Gasteiger charge is -2.74. The molecule has 2 aromatic rings. The van der Waals surface area contributed by atoms with Crippen molar-refractivity contribution in [2.24, 2.45) is 23.0 Å². The first-order chi connectivity index (χ1) is 19.3. The number of rotatable bonds is 7. The normalized spacial score (nSPS) is 36.6. The Balaban J connectivity index is 1.20. The minimum atomic E-state index is -0.789. The number of hydrogen-bond acceptors (Lipinski definition) is 8. The molecule has 10 heteroatoms. The van der Waals surface area contributed by atoms with Crippen LogP contribution in [0.2, 0.25) is 0 Å². The Morgan fingerprint density at radius 2 is 2.00 bits per heavy atom. The van der Waals surface area contributed by atoms with Crippen molar-refractivity contribution in [2.45, 2.75) is 68.1 Å². The summed E-state index contributed by atoms with van der Waals surface area (Å²) in [6, 6.07) is 4.28. The van der Waals surface area contributed by atoms with E-state index >= 15 is 0 Å². The largest absolute Gasteiger partial charge is 0.504 e. The molecule has 4 N–H and O–H groups in total. The number of methoxy groups -OCH3 is 1. The molecule has 2 aliphatic heterocycles. The van der Waals surface area contributed by atoms with Gasteiger partial charge in [-0.2, -0.15) is 0 Å². The zero-order valence-electron chi connectivity index (χ0n) is 22.7. The third kappa shape index (κ3) is 2.91. The molecule has 210 valence electrons. The van der Waals surface area contributed by atoms with Gasteiger partial charge in [0.15, 0.2) is 22.9 Å². The molecule has 1 aromatic carbocycles. The zero-order chi connectivity index (χ0) is 27.4. The van der Waals surface area contributed by atoms with Crippen molar-refractivity contribution in [1.82, 2.24) is 20.2 Å². The van der Waals surface area contributed by atoms with Crippen molar-refractivity contribution in [3.8, 4) is 11.5 Å². The average molecular weight is 546 g/mol. The number of aromatic hydroxyl groups is 1. The molecule has 4 bridgehead atoms. The summed E-state index contributed by atoms with van der Waals surface area (Å²) >= 11 is 0. The fourth-order valence-corrected chi connectivity index (χ4v) is 9.77. The molecule has 4 saturated carbocycles. The Kier molecular flexibility index (Phi) is 5.01. The first-order valence-corrected chi connectivity index (χ1v) is 14.5. The summed E-state index contributed by atoms with van der Waals surface area (Å²) in [4.78, 5) is 36.0.